The lowest BCUT2D eigenvalue weighted by molar-refractivity contribution is -0.130. The number of carbonyl (C=O) groups excluding carboxylic acids is 3. The van der Waals surface area contributed by atoms with E-state index >= 15 is 0 Å². The molecule has 3 N–H and O–H groups in total. The lowest BCUT2D eigenvalue weighted by atomic mass is 10.2. The van der Waals surface area contributed by atoms with E-state index in [9.17, 15) is 22.8 Å². The molecular weight excluding hydrogens is 446 g/mol. The second kappa shape index (κ2) is 10.5. The van der Waals surface area contributed by atoms with Crippen molar-refractivity contribution in [1.29, 1.82) is 0 Å². The van der Waals surface area contributed by atoms with Gasteiger partial charge in [-0.05, 0) is 43.3 Å². The van der Waals surface area contributed by atoms with Gasteiger partial charge in [-0.15, -0.1) is 0 Å². The maximum atomic E-state index is 12.8. The molecule has 2 aromatic rings. The Morgan fingerprint density at radius 3 is 2.06 bits per heavy atom. The van der Waals surface area contributed by atoms with Gasteiger partial charge in [-0.2, -0.15) is 4.31 Å². The zero-order chi connectivity index (χ0) is 24.0. The number of benzene rings is 2. The molecular formula is C22H27N5O5S. The second-order valence-electron chi connectivity index (χ2n) is 7.66. The number of piperazine rings is 1. The van der Waals surface area contributed by atoms with E-state index in [0.717, 1.165) is 11.3 Å². The summed E-state index contributed by atoms with van der Waals surface area (Å²) in [5.41, 5.74) is 6.70. The Hall–Kier alpha value is -3.44. The molecule has 3 amide bonds. The van der Waals surface area contributed by atoms with Gasteiger partial charge in [0.15, 0.2) is 0 Å². The standard InChI is InChI=1S/C22H27N5O5S/c1-16-3-7-19(8-4-16)23-15-21(29)24-25-22(30)18-5-9-20(10-6-18)33(31,32)27-13-11-26(12-14-27)17(2)28/h3-10,23H,11-15H2,1-2H3,(H,24,29)(H,25,30). The molecule has 0 bridgehead atoms. The minimum absolute atomic E-state index is 0.0303. The number of amides is 3. The summed E-state index contributed by atoms with van der Waals surface area (Å²) in [7, 11) is -3.73. The average molecular weight is 474 g/mol. The van der Waals surface area contributed by atoms with Crippen LogP contribution in [0.4, 0.5) is 5.69 Å². The molecule has 1 saturated heterocycles. The molecule has 0 saturated carbocycles. The van der Waals surface area contributed by atoms with Crippen molar-refractivity contribution in [2.45, 2.75) is 18.7 Å². The third-order valence-electron chi connectivity index (χ3n) is 5.26. The van der Waals surface area contributed by atoms with Crippen molar-refractivity contribution in [3.63, 3.8) is 0 Å². The van der Waals surface area contributed by atoms with Gasteiger partial charge in [0.25, 0.3) is 11.8 Å². The lowest BCUT2D eigenvalue weighted by Gasteiger charge is -2.33. The van der Waals surface area contributed by atoms with Gasteiger partial charge < -0.3 is 10.2 Å². The molecule has 3 rings (SSSR count). The predicted octanol–water partition coefficient (Wildman–Crippen LogP) is 0.721. The first-order valence-corrected chi connectivity index (χ1v) is 11.9. The van der Waals surface area contributed by atoms with Crippen LogP contribution in [-0.4, -0.2) is 68.1 Å². The molecule has 10 nitrogen and oxygen atoms in total. The van der Waals surface area contributed by atoms with E-state index in [4.69, 9.17) is 0 Å². The number of hydrazine groups is 1. The fourth-order valence-electron chi connectivity index (χ4n) is 3.27. The molecule has 0 spiro atoms. The minimum Gasteiger partial charge on any atom is -0.376 e. The lowest BCUT2D eigenvalue weighted by Crippen LogP contribution is -2.49. The maximum absolute atomic E-state index is 12.8. The molecule has 0 aromatic heterocycles. The topological polar surface area (TPSA) is 128 Å². The molecule has 176 valence electrons. The first kappa shape index (κ1) is 24.2. The highest BCUT2D eigenvalue weighted by Gasteiger charge is 2.29. The maximum Gasteiger partial charge on any atom is 0.269 e. The molecule has 0 aliphatic carbocycles. The van der Waals surface area contributed by atoms with Crippen molar-refractivity contribution in [2.24, 2.45) is 0 Å². The number of carbonyl (C=O) groups is 3. The Bertz CT molecular complexity index is 1110. The van der Waals surface area contributed by atoms with Gasteiger partial charge in [0.2, 0.25) is 15.9 Å². The van der Waals surface area contributed by atoms with Crippen molar-refractivity contribution in [3.05, 3.63) is 59.7 Å². The molecule has 1 aliphatic heterocycles. The highest BCUT2D eigenvalue weighted by atomic mass is 32.2. The molecule has 33 heavy (non-hydrogen) atoms. The van der Waals surface area contributed by atoms with Gasteiger partial charge in [-0.3, -0.25) is 25.2 Å². The number of rotatable bonds is 6. The molecule has 1 aliphatic rings. The average Bonchev–Trinajstić information content (AvgIpc) is 2.82. The van der Waals surface area contributed by atoms with Gasteiger partial charge in [0, 0.05) is 44.4 Å². The summed E-state index contributed by atoms with van der Waals surface area (Å²) in [5.74, 6) is -1.09. The molecule has 1 heterocycles. The van der Waals surface area contributed by atoms with Crippen LogP contribution in [0.1, 0.15) is 22.8 Å². The number of nitrogens with one attached hydrogen (secondary N) is 3. The van der Waals surface area contributed by atoms with E-state index in [1.54, 1.807) is 4.90 Å². The number of hydrogen-bond acceptors (Lipinski definition) is 6. The highest BCUT2D eigenvalue weighted by molar-refractivity contribution is 7.89. The number of hydrogen-bond donors (Lipinski definition) is 3. The van der Waals surface area contributed by atoms with E-state index in [1.165, 1.54) is 35.5 Å². The molecule has 0 unspecified atom stereocenters. The van der Waals surface area contributed by atoms with E-state index in [2.05, 4.69) is 16.2 Å². The van der Waals surface area contributed by atoms with Gasteiger partial charge in [0.05, 0.1) is 11.4 Å². The largest absolute Gasteiger partial charge is 0.376 e. The van der Waals surface area contributed by atoms with Crippen molar-refractivity contribution < 1.29 is 22.8 Å². The van der Waals surface area contributed by atoms with Crippen molar-refractivity contribution in [2.75, 3.05) is 38.0 Å². The Morgan fingerprint density at radius 2 is 1.48 bits per heavy atom. The monoisotopic (exact) mass is 473 g/mol. The zero-order valence-corrected chi connectivity index (χ0v) is 19.3. The van der Waals surface area contributed by atoms with Crippen LogP contribution < -0.4 is 16.2 Å². The summed E-state index contributed by atoms with van der Waals surface area (Å²) in [4.78, 5) is 37.3. The van der Waals surface area contributed by atoms with Crippen LogP contribution >= 0.6 is 0 Å². The Balaban J connectivity index is 1.50. The molecule has 0 radical (unpaired) electrons. The van der Waals surface area contributed by atoms with Crippen LogP contribution in [0.15, 0.2) is 53.4 Å². The molecule has 0 atom stereocenters. The fourth-order valence-corrected chi connectivity index (χ4v) is 4.69. The van der Waals surface area contributed by atoms with Crippen molar-refractivity contribution in [1.82, 2.24) is 20.1 Å². The van der Waals surface area contributed by atoms with Crippen LogP contribution in [0.2, 0.25) is 0 Å². The third kappa shape index (κ3) is 6.30. The smallest absolute Gasteiger partial charge is 0.269 e. The summed E-state index contributed by atoms with van der Waals surface area (Å²) in [6, 6.07) is 13.0. The highest BCUT2D eigenvalue weighted by Crippen LogP contribution is 2.18. The van der Waals surface area contributed by atoms with Crippen LogP contribution in [0.5, 0.6) is 0 Å². The SMILES string of the molecule is CC(=O)N1CCN(S(=O)(=O)c2ccc(C(=O)NNC(=O)CNc3ccc(C)cc3)cc2)CC1. The third-order valence-corrected chi connectivity index (χ3v) is 7.17. The molecule has 1 fully saturated rings. The second-order valence-corrected chi connectivity index (χ2v) is 9.59. The Morgan fingerprint density at radius 1 is 0.879 bits per heavy atom. The first-order valence-electron chi connectivity index (χ1n) is 10.4. The van der Waals surface area contributed by atoms with Crippen LogP contribution in [0.25, 0.3) is 0 Å². The number of sulfonamides is 1. The van der Waals surface area contributed by atoms with Crippen molar-refractivity contribution >= 4 is 33.4 Å². The summed E-state index contributed by atoms with van der Waals surface area (Å²) < 4.78 is 27.0. The first-order chi connectivity index (χ1) is 15.7. The van der Waals surface area contributed by atoms with E-state index in [0.29, 0.717) is 13.1 Å². The summed E-state index contributed by atoms with van der Waals surface area (Å²) >= 11 is 0. The van der Waals surface area contributed by atoms with Crippen molar-refractivity contribution in [3.8, 4) is 0 Å². The zero-order valence-electron chi connectivity index (χ0n) is 18.5. The Kier molecular flexibility index (Phi) is 7.67. The normalized spacial score (nSPS) is 14.4. The predicted molar refractivity (Wildman–Crippen MR) is 123 cm³/mol. The summed E-state index contributed by atoms with van der Waals surface area (Å²) in [6.07, 6.45) is 0. The number of nitrogens with zero attached hydrogens (tertiary/aromatic N) is 2. The fraction of sp³-hybridized carbons (Fsp3) is 0.318. The van der Waals surface area contributed by atoms with Crippen LogP contribution in [0.3, 0.4) is 0 Å². The summed E-state index contributed by atoms with van der Waals surface area (Å²) in [5, 5.41) is 2.94. The van der Waals surface area contributed by atoms with Crippen LogP contribution in [-0.2, 0) is 19.6 Å². The molecule has 2 aromatic carbocycles. The van der Waals surface area contributed by atoms with Gasteiger partial charge >= 0.3 is 0 Å². The van der Waals surface area contributed by atoms with Gasteiger partial charge in [0.1, 0.15) is 0 Å². The Labute approximate surface area is 193 Å². The van der Waals surface area contributed by atoms with E-state index in [-0.39, 0.29) is 36.0 Å². The minimum atomic E-state index is -3.73. The number of anilines is 1. The van der Waals surface area contributed by atoms with Crippen LogP contribution in [0, 0.1) is 6.92 Å². The van der Waals surface area contributed by atoms with Gasteiger partial charge in [-0.1, -0.05) is 17.7 Å². The van der Waals surface area contributed by atoms with Gasteiger partial charge in [-0.25, -0.2) is 8.42 Å². The van der Waals surface area contributed by atoms with E-state index in [1.807, 2.05) is 31.2 Å². The quantitative estimate of drug-likeness (QED) is 0.531. The number of aryl methyl sites for hydroxylation is 1. The van der Waals surface area contributed by atoms with E-state index < -0.39 is 21.8 Å². The molecule has 11 heteroatoms. The summed E-state index contributed by atoms with van der Waals surface area (Å²) in [6.45, 7) is 4.50.